The molecule has 0 saturated heterocycles. The van der Waals surface area contributed by atoms with Crippen LogP contribution in [-0.2, 0) is 11.3 Å². The Balaban J connectivity index is 1.49. The summed E-state index contributed by atoms with van der Waals surface area (Å²) in [6.45, 7) is 2.91. The Morgan fingerprint density at radius 2 is 1.96 bits per heavy atom. The minimum absolute atomic E-state index is 0.0464. The van der Waals surface area contributed by atoms with Crippen molar-refractivity contribution in [3.63, 3.8) is 0 Å². The molecule has 2 aromatic carbocycles. The summed E-state index contributed by atoms with van der Waals surface area (Å²) >= 11 is 0. The highest BCUT2D eigenvalue weighted by Crippen LogP contribution is 2.13. The second kappa shape index (κ2) is 8.34. The number of benzene rings is 2. The first kappa shape index (κ1) is 17.7. The second-order valence-electron chi connectivity index (χ2n) is 6.29. The van der Waals surface area contributed by atoms with Crippen LogP contribution < -0.4 is 4.74 Å². The lowest BCUT2D eigenvalue weighted by Crippen LogP contribution is -2.27. The van der Waals surface area contributed by atoms with E-state index in [1.165, 1.54) is 0 Å². The van der Waals surface area contributed by atoms with Crippen LogP contribution in [-0.4, -0.2) is 34.2 Å². The van der Waals surface area contributed by atoms with Crippen LogP contribution in [0.3, 0.4) is 0 Å². The first-order valence-electron chi connectivity index (χ1n) is 8.64. The molecule has 0 aliphatic rings. The van der Waals surface area contributed by atoms with E-state index in [2.05, 4.69) is 5.10 Å². The molecule has 1 heterocycles. The summed E-state index contributed by atoms with van der Waals surface area (Å²) in [6, 6.07) is 17.7. The minimum Gasteiger partial charge on any atom is -0.493 e. The monoisotopic (exact) mass is 349 g/mol. The molecule has 3 rings (SSSR count). The number of ether oxygens (including phenoxy) is 1. The molecule has 26 heavy (non-hydrogen) atoms. The topological polar surface area (TPSA) is 47.4 Å². The zero-order valence-electron chi connectivity index (χ0n) is 15.1. The third-order valence-corrected chi connectivity index (χ3v) is 4.08. The molecule has 0 spiro atoms. The Morgan fingerprint density at radius 1 is 1.15 bits per heavy atom. The van der Waals surface area contributed by atoms with Crippen LogP contribution in [0, 0.1) is 6.92 Å². The Kier molecular flexibility index (Phi) is 5.69. The number of hydrogen-bond donors (Lipinski definition) is 0. The lowest BCUT2D eigenvalue weighted by molar-refractivity contribution is -0.130. The van der Waals surface area contributed by atoms with E-state index in [9.17, 15) is 4.79 Å². The largest absolute Gasteiger partial charge is 0.493 e. The van der Waals surface area contributed by atoms with Crippen molar-refractivity contribution in [1.29, 1.82) is 0 Å². The summed E-state index contributed by atoms with van der Waals surface area (Å²) in [7, 11) is 1.80. The van der Waals surface area contributed by atoms with Crippen LogP contribution in [0.2, 0.25) is 0 Å². The van der Waals surface area contributed by atoms with Crippen molar-refractivity contribution in [3.8, 4) is 11.4 Å². The van der Waals surface area contributed by atoms with Crippen molar-refractivity contribution in [2.75, 3.05) is 13.7 Å². The zero-order chi connectivity index (χ0) is 18.4. The summed E-state index contributed by atoms with van der Waals surface area (Å²) in [4.78, 5) is 14.0. The van der Waals surface area contributed by atoms with Crippen molar-refractivity contribution < 1.29 is 9.53 Å². The van der Waals surface area contributed by atoms with Crippen LogP contribution >= 0.6 is 0 Å². The molecule has 1 aromatic heterocycles. The Morgan fingerprint density at radius 3 is 2.73 bits per heavy atom. The van der Waals surface area contributed by atoms with E-state index in [0.717, 1.165) is 22.6 Å². The fourth-order valence-corrected chi connectivity index (χ4v) is 2.68. The number of rotatable bonds is 7. The van der Waals surface area contributed by atoms with Gasteiger partial charge in [-0.1, -0.05) is 30.3 Å². The van der Waals surface area contributed by atoms with Gasteiger partial charge in [0, 0.05) is 25.4 Å². The van der Waals surface area contributed by atoms with E-state index < -0.39 is 0 Å². The summed E-state index contributed by atoms with van der Waals surface area (Å²) in [6.07, 6.45) is 4.08. The molecule has 1 amide bonds. The molecule has 0 unspecified atom stereocenters. The summed E-state index contributed by atoms with van der Waals surface area (Å²) in [5.74, 6) is 0.842. The maximum absolute atomic E-state index is 12.3. The molecule has 3 aromatic rings. The number of aromatic nitrogens is 2. The molecule has 0 saturated carbocycles. The molecule has 0 aliphatic heterocycles. The lowest BCUT2D eigenvalue weighted by atomic mass is 10.2. The van der Waals surface area contributed by atoms with E-state index in [-0.39, 0.29) is 5.91 Å². The van der Waals surface area contributed by atoms with Crippen molar-refractivity contribution in [3.05, 3.63) is 78.1 Å². The zero-order valence-corrected chi connectivity index (χ0v) is 15.1. The van der Waals surface area contributed by atoms with Crippen LogP contribution in [0.25, 0.3) is 5.69 Å². The van der Waals surface area contributed by atoms with Gasteiger partial charge in [0.15, 0.2) is 0 Å². The highest BCUT2D eigenvalue weighted by molar-refractivity contribution is 5.76. The van der Waals surface area contributed by atoms with Gasteiger partial charge in [0.25, 0.3) is 0 Å². The van der Waals surface area contributed by atoms with Gasteiger partial charge >= 0.3 is 0 Å². The molecule has 0 atom stereocenters. The van der Waals surface area contributed by atoms with Gasteiger partial charge in [-0.3, -0.25) is 4.79 Å². The molecule has 0 radical (unpaired) electrons. The number of nitrogens with zero attached hydrogens (tertiary/aromatic N) is 3. The third kappa shape index (κ3) is 4.72. The molecule has 0 N–H and O–H groups in total. The van der Waals surface area contributed by atoms with Gasteiger partial charge in [-0.25, -0.2) is 4.68 Å². The van der Waals surface area contributed by atoms with Crippen LogP contribution in [0.1, 0.15) is 17.5 Å². The van der Waals surface area contributed by atoms with Crippen molar-refractivity contribution in [2.45, 2.75) is 19.9 Å². The van der Waals surface area contributed by atoms with Crippen molar-refractivity contribution in [2.24, 2.45) is 0 Å². The summed E-state index contributed by atoms with van der Waals surface area (Å²) < 4.78 is 7.47. The first-order chi connectivity index (χ1) is 12.6. The fourth-order valence-electron chi connectivity index (χ4n) is 2.68. The fraction of sp³-hybridized carbons (Fsp3) is 0.238. The van der Waals surface area contributed by atoms with E-state index in [0.29, 0.717) is 19.6 Å². The van der Waals surface area contributed by atoms with Gasteiger partial charge in [0.1, 0.15) is 5.75 Å². The van der Waals surface area contributed by atoms with Gasteiger partial charge in [-0.15, -0.1) is 0 Å². The second-order valence-corrected chi connectivity index (χ2v) is 6.29. The number of amides is 1. The number of para-hydroxylation sites is 1. The third-order valence-electron chi connectivity index (χ3n) is 4.08. The SMILES string of the molecule is Cc1cccc(OCCC(=O)N(C)Cc2cnn(-c3ccccc3)c2)c1. The molecule has 5 heteroatoms. The lowest BCUT2D eigenvalue weighted by Gasteiger charge is -2.16. The Hall–Kier alpha value is -3.08. The van der Waals surface area contributed by atoms with Gasteiger partial charge < -0.3 is 9.64 Å². The molecular weight excluding hydrogens is 326 g/mol. The molecule has 0 bridgehead atoms. The van der Waals surface area contributed by atoms with Crippen molar-refractivity contribution >= 4 is 5.91 Å². The average molecular weight is 349 g/mol. The van der Waals surface area contributed by atoms with E-state index in [1.807, 2.05) is 72.4 Å². The van der Waals surface area contributed by atoms with E-state index in [1.54, 1.807) is 18.1 Å². The van der Waals surface area contributed by atoms with Gasteiger partial charge in [0.05, 0.1) is 24.9 Å². The number of aryl methyl sites for hydroxylation is 1. The molecular formula is C21H23N3O2. The maximum Gasteiger partial charge on any atom is 0.226 e. The smallest absolute Gasteiger partial charge is 0.226 e. The first-order valence-corrected chi connectivity index (χ1v) is 8.64. The predicted molar refractivity (Wildman–Crippen MR) is 101 cm³/mol. The predicted octanol–water partition coefficient (Wildman–Crippen LogP) is 3.61. The average Bonchev–Trinajstić information content (AvgIpc) is 3.11. The molecule has 5 nitrogen and oxygen atoms in total. The minimum atomic E-state index is 0.0464. The molecule has 0 aliphatic carbocycles. The normalized spacial score (nSPS) is 10.5. The highest BCUT2D eigenvalue weighted by atomic mass is 16.5. The summed E-state index contributed by atoms with van der Waals surface area (Å²) in [5.41, 5.74) is 3.13. The van der Waals surface area contributed by atoms with Crippen LogP contribution in [0.15, 0.2) is 67.0 Å². The Labute approximate surface area is 153 Å². The quantitative estimate of drug-likeness (QED) is 0.655. The highest BCUT2D eigenvalue weighted by Gasteiger charge is 2.11. The van der Waals surface area contributed by atoms with Gasteiger partial charge in [-0.05, 0) is 36.8 Å². The number of hydrogen-bond acceptors (Lipinski definition) is 3. The summed E-state index contributed by atoms with van der Waals surface area (Å²) in [5, 5.41) is 4.36. The standard InChI is InChI=1S/C21H23N3O2/c1-17-7-6-10-20(13-17)26-12-11-21(25)23(2)15-18-14-22-24(16-18)19-8-4-3-5-9-19/h3-10,13-14,16H,11-12,15H2,1-2H3. The Bertz CT molecular complexity index is 858. The van der Waals surface area contributed by atoms with Gasteiger partial charge in [-0.2, -0.15) is 5.10 Å². The maximum atomic E-state index is 12.3. The van der Waals surface area contributed by atoms with Crippen molar-refractivity contribution in [1.82, 2.24) is 14.7 Å². The van der Waals surface area contributed by atoms with Gasteiger partial charge in [0.2, 0.25) is 5.91 Å². The number of carbonyl (C=O) groups excluding carboxylic acids is 1. The van der Waals surface area contributed by atoms with E-state index in [4.69, 9.17) is 4.74 Å². The van der Waals surface area contributed by atoms with Crippen LogP contribution in [0.5, 0.6) is 5.75 Å². The van der Waals surface area contributed by atoms with E-state index >= 15 is 0 Å². The van der Waals surface area contributed by atoms with Crippen LogP contribution in [0.4, 0.5) is 0 Å². The molecule has 134 valence electrons. The number of carbonyl (C=O) groups is 1. The molecule has 0 fully saturated rings.